The number of nitrogens with one attached hydrogen (secondary N) is 1. The van der Waals surface area contributed by atoms with Gasteiger partial charge in [0.25, 0.3) is 5.91 Å². The Morgan fingerprint density at radius 3 is 1.97 bits per heavy atom. The van der Waals surface area contributed by atoms with E-state index in [1.54, 1.807) is 6.07 Å². The molecule has 190 valence electrons. The average molecular weight is 555 g/mol. The maximum Gasteiger partial charge on any atom is 0.257 e. The lowest BCUT2D eigenvalue weighted by atomic mass is 10.2. The van der Waals surface area contributed by atoms with E-state index in [9.17, 15) is 13.2 Å². The zero-order valence-corrected chi connectivity index (χ0v) is 22.2. The van der Waals surface area contributed by atoms with Crippen molar-refractivity contribution >= 4 is 44.8 Å². The van der Waals surface area contributed by atoms with Crippen molar-refractivity contribution in [2.75, 3.05) is 12.4 Å². The van der Waals surface area contributed by atoms with Crippen LogP contribution in [0.25, 0.3) is 0 Å². The third-order valence-corrected chi connectivity index (χ3v) is 7.97. The minimum Gasteiger partial charge on any atom is -0.495 e. The molecule has 1 amide bonds. The number of ether oxygens (including phenoxy) is 1. The molecule has 0 aliphatic heterocycles. The monoisotopic (exact) mass is 554 g/mol. The molecule has 0 saturated carbocycles. The second kappa shape index (κ2) is 11.8. The molecular formula is C28H24Cl2N2O4S. The van der Waals surface area contributed by atoms with Crippen molar-refractivity contribution < 1.29 is 17.9 Å². The lowest BCUT2D eigenvalue weighted by molar-refractivity contribution is 0.102. The maximum atomic E-state index is 13.9. The van der Waals surface area contributed by atoms with Crippen molar-refractivity contribution in [1.82, 2.24) is 4.31 Å². The third kappa shape index (κ3) is 6.50. The number of benzene rings is 4. The summed E-state index contributed by atoms with van der Waals surface area (Å²) < 4.78 is 34.5. The highest BCUT2D eigenvalue weighted by Gasteiger charge is 2.26. The van der Waals surface area contributed by atoms with Gasteiger partial charge in [-0.3, -0.25) is 4.79 Å². The van der Waals surface area contributed by atoms with Crippen LogP contribution < -0.4 is 10.1 Å². The van der Waals surface area contributed by atoms with Crippen LogP contribution in [0.5, 0.6) is 5.75 Å². The molecule has 0 atom stereocenters. The first-order valence-corrected chi connectivity index (χ1v) is 13.5. The first-order valence-electron chi connectivity index (χ1n) is 11.3. The molecule has 0 radical (unpaired) electrons. The number of anilines is 1. The third-order valence-electron chi connectivity index (χ3n) is 5.64. The fourth-order valence-corrected chi connectivity index (χ4v) is 5.69. The summed E-state index contributed by atoms with van der Waals surface area (Å²) in [4.78, 5) is 12.9. The molecule has 0 aliphatic carbocycles. The predicted molar refractivity (Wildman–Crippen MR) is 147 cm³/mol. The predicted octanol–water partition coefficient (Wildman–Crippen LogP) is 6.65. The molecule has 0 spiro atoms. The van der Waals surface area contributed by atoms with Gasteiger partial charge in [0, 0.05) is 18.1 Å². The summed E-state index contributed by atoms with van der Waals surface area (Å²) in [5.41, 5.74) is 2.08. The summed E-state index contributed by atoms with van der Waals surface area (Å²) in [7, 11) is -2.54. The number of methoxy groups -OCH3 is 1. The van der Waals surface area contributed by atoms with Gasteiger partial charge in [-0.1, -0.05) is 83.9 Å². The summed E-state index contributed by atoms with van der Waals surface area (Å²) in [5, 5.41) is 3.28. The highest BCUT2D eigenvalue weighted by Crippen LogP contribution is 2.31. The van der Waals surface area contributed by atoms with Crippen molar-refractivity contribution in [3.05, 3.63) is 124 Å². The van der Waals surface area contributed by atoms with Gasteiger partial charge in [0.05, 0.1) is 28.3 Å². The Kier molecular flexibility index (Phi) is 8.51. The molecule has 37 heavy (non-hydrogen) atoms. The molecule has 1 N–H and O–H groups in total. The fraction of sp³-hybridized carbons (Fsp3) is 0.107. The Labute approximate surface area is 226 Å². The molecule has 0 aliphatic rings. The van der Waals surface area contributed by atoms with Crippen LogP contribution in [0.2, 0.25) is 10.0 Å². The lowest BCUT2D eigenvalue weighted by Crippen LogP contribution is -2.30. The van der Waals surface area contributed by atoms with Crippen LogP contribution in [0.15, 0.2) is 102 Å². The number of carbonyl (C=O) groups is 1. The van der Waals surface area contributed by atoms with Gasteiger partial charge in [0.1, 0.15) is 5.75 Å². The zero-order valence-electron chi connectivity index (χ0n) is 19.9. The van der Waals surface area contributed by atoms with Crippen LogP contribution in [0, 0.1) is 0 Å². The van der Waals surface area contributed by atoms with E-state index < -0.39 is 15.9 Å². The van der Waals surface area contributed by atoms with Gasteiger partial charge in [-0.25, -0.2) is 8.42 Å². The minimum absolute atomic E-state index is 0.0117. The smallest absolute Gasteiger partial charge is 0.257 e. The SMILES string of the molecule is COc1ccc(S(=O)(=O)N(Cc2ccccc2)Cc2ccccc2)cc1NC(=O)c1ccc(Cl)cc1Cl. The van der Waals surface area contributed by atoms with Crippen LogP contribution in [0.3, 0.4) is 0 Å². The molecule has 4 aromatic carbocycles. The van der Waals surface area contributed by atoms with Gasteiger partial charge in [0.15, 0.2) is 0 Å². The van der Waals surface area contributed by atoms with Gasteiger partial charge in [0.2, 0.25) is 10.0 Å². The number of halogens is 2. The molecule has 6 nitrogen and oxygen atoms in total. The van der Waals surface area contributed by atoms with E-state index in [4.69, 9.17) is 27.9 Å². The number of rotatable bonds is 9. The van der Waals surface area contributed by atoms with E-state index in [1.807, 2.05) is 60.7 Å². The highest BCUT2D eigenvalue weighted by molar-refractivity contribution is 7.89. The molecule has 0 fully saturated rings. The quantitative estimate of drug-likeness (QED) is 0.251. The Morgan fingerprint density at radius 1 is 0.838 bits per heavy atom. The first-order chi connectivity index (χ1) is 17.8. The van der Waals surface area contributed by atoms with Crippen LogP contribution >= 0.6 is 23.2 Å². The van der Waals surface area contributed by atoms with Gasteiger partial charge in [-0.05, 0) is 47.5 Å². The van der Waals surface area contributed by atoms with E-state index in [0.717, 1.165) is 11.1 Å². The second-order valence-corrected chi connectivity index (χ2v) is 11.0. The molecule has 0 saturated heterocycles. The zero-order chi connectivity index (χ0) is 26.4. The number of hydrogen-bond donors (Lipinski definition) is 1. The number of amides is 1. The molecule has 4 rings (SSSR count). The Morgan fingerprint density at radius 2 is 1.43 bits per heavy atom. The normalized spacial score (nSPS) is 11.4. The molecule has 0 bridgehead atoms. The van der Waals surface area contributed by atoms with Crippen molar-refractivity contribution in [3.8, 4) is 5.75 Å². The summed E-state index contributed by atoms with van der Waals surface area (Å²) in [6, 6.07) is 27.6. The Balaban J connectivity index is 1.69. The second-order valence-electron chi connectivity index (χ2n) is 8.18. The van der Waals surface area contributed by atoms with E-state index in [0.29, 0.717) is 10.8 Å². The van der Waals surface area contributed by atoms with Crippen LogP contribution in [-0.4, -0.2) is 25.7 Å². The minimum atomic E-state index is -3.98. The average Bonchev–Trinajstić information content (AvgIpc) is 2.89. The molecule has 9 heteroatoms. The van der Waals surface area contributed by atoms with Crippen LogP contribution in [0.1, 0.15) is 21.5 Å². The Hall–Kier alpha value is -3.36. The maximum absolute atomic E-state index is 13.9. The van der Waals surface area contributed by atoms with Crippen molar-refractivity contribution in [2.45, 2.75) is 18.0 Å². The van der Waals surface area contributed by atoms with E-state index in [1.165, 1.54) is 41.7 Å². The van der Waals surface area contributed by atoms with Crippen molar-refractivity contribution in [3.63, 3.8) is 0 Å². The van der Waals surface area contributed by atoms with E-state index >= 15 is 0 Å². The Bertz CT molecular complexity index is 1460. The van der Waals surface area contributed by atoms with Gasteiger partial charge in [-0.2, -0.15) is 4.31 Å². The summed E-state index contributed by atoms with van der Waals surface area (Å²) in [6.45, 7) is 0.346. The van der Waals surface area contributed by atoms with Crippen LogP contribution in [-0.2, 0) is 23.1 Å². The van der Waals surface area contributed by atoms with Gasteiger partial charge in [-0.15, -0.1) is 0 Å². The lowest BCUT2D eigenvalue weighted by Gasteiger charge is -2.23. The number of hydrogen-bond acceptors (Lipinski definition) is 4. The summed E-state index contributed by atoms with van der Waals surface area (Å²) in [6.07, 6.45) is 0. The molecule has 0 aromatic heterocycles. The van der Waals surface area contributed by atoms with E-state index in [2.05, 4.69) is 5.32 Å². The standard InChI is InChI=1S/C28H24Cl2N2O4S/c1-36-27-15-13-23(17-26(27)31-28(33)24-14-12-22(29)16-25(24)30)37(34,35)32(18-20-8-4-2-5-9-20)19-21-10-6-3-7-11-21/h2-17H,18-19H2,1H3,(H,31,33). The van der Waals surface area contributed by atoms with Crippen molar-refractivity contribution in [1.29, 1.82) is 0 Å². The molecule has 4 aromatic rings. The fourth-order valence-electron chi connectivity index (χ4n) is 3.76. The molecular weight excluding hydrogens is 531 g/mol. The van der Waals surface area contributed by atoms with Crippen LogP contribution in [0.4, 0.5) is 5.69 Å². The van der Waals surface area contributed by atoms with Gasteiger partial charge < -0.3 is 10.1 Å². The molecule has 0 unspecified atom stereocenters. The number of carbonyl (C=O) groups excluding carboxylic acids is 1. The molecule has 0 heterocycles. The first kappa shape index (κ1) is 26.7. The topological polar surface area (TPSA) is 75.7 Å². The van der Waals surface area contributed by atoms with Crippen molar-refractivity contribution in [2.24, 2.45) is 0 Å². The van der Waals surface area contributed by atoms with Gasteiger partial charge >= 0.3 is 0 Å². The number of sulfonamides is 1. The van der Waals surface area contributed by atoms with E-state index in [-0.39, 0.29) is 34.3 Å². The largest absolute Gasteiger partial charge is 0.495 e. The number of nitrogens with zero attached hydrogens (tertiary/aromatic N) is 1. The summed E-state index contributed by atoms with van der Waals surface area (Å²) >= 11 is 12.1. The highest BCUT2D eigenvalue weighted by atomic mass is 35.5. The summed E-state index contributed by atoms with van der Waals surface area (Å²) in [5.74, 6) is -0.227.